The summed E-state index contributed by atoms with van der Waals surface area (Å²) in [6.45, 7) is 1.62. The van der Waals surface area contributed by atoms with Crippen LogP contribution in [0.15, 0.2) is 23.0 Å². The zero-order chi connectivity index (χ0) is 9.15. The highest BCUT2D eigenvalue weighted by Gasteiger charge is 2.34. The number of aliphatic hydroxyl groups is 1. The Balaban J connectivity index is 2.06. The molecule has 3 heteroatoms. The third-order valence-corrected chi connectivity index (χ3v) is 2.68. The van der Waals surface area contributed by atoms with E-state index in [-0.39, 0.29) is 12.0 Å². The molecule has 1 saturated heterocycles. The maximum absolute atomic E-state index is 9.30. The highest BCUT2D eigenvalue weighted by molar-refractivity contribution is 5.09. The molecule has 1 aromatic rings. The van der Waals surface area contributed by atoms with Gasteiger partial charge in [0, 0.05) is 12.0 Å². The summed E-state index contributed by atoms with van der Waals surface area (Å²) in [6, 6.07) is 1.94. The van der Waals surface area contributed by atoms with Crippen LogP contribution in [0.25, 0.3) is 0 Å². The third kappa shape index (κ3) is 1.76. The molecular formula is C10H14O3. The molecule has 2 rings (SSSR count). The topological polar surface area (TPSA) is 42.6 Å². The van der Waals surface area contributed by atoms with Gasteiger partial charge in [0.2, 0.25) is 0 Å². The predicted molar refractivity (Wildman–Crippen MR) is 47.4 cm³/mol. The van der Waals surface area contributed by atoms with E-state index in [9.17, 15) is 5.11 Å². The fraction of sp³-hybridized carbons (Fsp3) is 0.600. The van der Waals surface area contributed by atoms with E-state index >= 15 is 0 Å². The Bertz CT molecular complexity index is 247. The summed E-state index contributed by atoms with van der Waals surface area (Å²) in [6.07, 6.45) is 5.18. The first kappa shape index (κ1) is 8.78. The Morgan fingerprint density at radius 2 is 2.46 bits per heavy atom. The van der Waals surface area contributed by atoms with Gasteiger partial charge in [-0.3, -0.25) is 0 Å². The molecule has 0 aliphatic carbocycles. The van der Waals surface area contributed by atoms with Crippen molar-refractivity contribution in [2.75, 3.05) is 19.8 Å². The van der Waals surface area contributed by atoms with Gasteiger partial charge in [-0.25, -0.2) is 0 Å². The van der Waals surface area contributed by atoms with E-state index < -0.39 is 0 Å². The Hall–Kier alpha value is -0.800. The van der Waals surface area contributed by atoms with Crippen molar-refractivity contribution in [1.82, 2.24) is 0 Å². The highest BCUT2D eigenvalue weighted by atomic mass is 16.5. The Labute approximate surface area is 77.3 Å². The zero-order valence-corrected chi connectivity index (χ0v) is 7.53. The van der Waals surface area contributed by atoms with Gasteiger partial charge >= 0.3 is 0 Å². The van der Waals surface area contributed by atoms with Crippen LogP contribution < -0.4 is 0 Å². The SMILES string of the molecule is OCC1(Cc2ccoc2)CCOC1. The van der Waals surface area contributed by atoms with Crippen molar-refractivity contribution in [1.29, 1.82) is 0 Å². The van der Waals surface area contributed by atoms with Crippen molar-refractivity contribution < 1.29 is 14.3 Å². The zero-order valence-electron chi connectivity index (χ0n) is 7.53. The molecule has 1 fully saturated rings. The van der Waals surface area contributed by atoms with E-state index in [1.165, 1.54) is 0 Å². The third-order valence-electron chi connectivity index (χ3n) is 2.68. The van der Waals surface area contributed by atoms with Crippen LogP contribution in [0.1, 0.15) is 12.0 Å². The lowest BCUT2D eigenvalue weighted by Gasteiger charge is -2.23. The number of hydrogen-bond donors (Lipinski definition) is 1. The minimum Gasteiger partial charge on any atom is -0.472 e. The first-order valence-corrected chi connectivity index (χ1v) is 4.54. The van der Waals surface area contributed by atoms with E-state index in [1.807, 2.05) is 6.07 Å². The van der Waals surface area contributed by atoms with E-state index in [1.54, 1.807) is 12.5 Å². The lowest BCUT2D eigenvalue weighted by molar-refractivity contribution is 0.0934. The summed E-state index contributed by atoms with van der Waals surface area (Å²) >= 11 is 0. The van der Waals surface area contributed by atoms with Gasteiger partial charge in [-0.1, -0.05) is 0 Å². The van der Waals surface area contributed by atoms with Gasteiger partial charge in [0.25, 0.3) is 0 Å². The van der Waals surface area contributed by atoms with Crippen LogP contribution in [0.2, 0.25) is 0 Å². The molecule has 0 radical (unpaired) electrons. The number of hydrogen-bond acceptors (Lipinski definition) is 3. The molecule has 0 bridgehead atoms. The van der Waals surface area contributed by atoms with Gasteiger partial charge in [-0.15, -0.1) is 0 Å². The molecule has 1 atom stereocenters. The van der Waals surface area contributed by atoms with E-state index in [2.05, 4.69) is 0 Å². The molecule has 0 amide bonds. The number of ether oxygens (including phenoxy) is 1. The summed E-state index contributed by atoms with van der Waals surface area (Å²) in [5.74, 6) is 0. The van der Waals surface area contributed by atoms with Crippen molar-refractivity contribution in [3.63, 3.8) is 0 Å². The number of aliphatic hydroxyl groups excluding tert-OH is 1. The molecule has 1 aliphatic heterocycles. The normalized spacial score (nSPS) is 28.1. The van der Waals surface area contributed by atoms with Crippen molar-refractivity contribution in [3.8, 4) is 0 Å². The Morgan fingerprint density at radius 3 is 3.00 bits per heavy atom. The molecule has 1 aromatic heterocycles. The van der Waals surface area contributed by atoms with Crippen molar-refractivity contribution in [3.05, 3.63) is 24.2 Å². The lowest BCUT2D eigenvalue weighted by Crippen LogP contribution is -2.28. The minimum absolute atomic E-state index is 0.0656. The molecule has 72 valence electrons. The van der Waals surface area contributed by atoms with Crippen LogP contribution >= 0.6 is 0 Å². The van der Waals surface area contributed by atoms with Gasteiger partial charge in [-0.2, -0.15) is 0 Å². The minimum atomic E-state index is -0.0656. The molecule has 0 spiro atoms. The summed E-state index contributed by atoms with van der Waals surface area (Å²) < 4.78 is 10.3. The molecule has 2 heterocycles. The largest absolute Gasteiger partial charge is 0.472 e. The molecule has 0 aromatic carbocycles. The molecule has 1 aliphatic rings. The van der Waals surface area contributed by atoms with Crippen LogP contribution in [-0.4, -0.2) is 24.9 Å². The Kier molecular flexibility index (Phi) is 2.38. The Morgan fingerprint density at radius 1 is 1.54 bits per heavy atom. The van der Waals surface area contributed by atoms with Crippen molar-refractivity contribution in [2.45, 2.75) is 12.8 Å². The highest BCUT2D eigenvalue weighted by Crippen LogP contribution is 2.32. The lowest BCUT2D eigenvalue weighted by atomic mass is 9.82. The first-order chi connectivity index (χ1) is 6.35. The second-order valence-corrected chi connectivity index (χ2v) is 3.77. The van der Waals surface area contributed by atoms with Gasteiger partial charge in [0.1, 0.15) is 0 Å². The predicted octanol–water partition coefficient (Wildman–Crippen LogP) is 1.22. The monoisotopic (exact) mass is 182 g/mol. The van der Waals surface area contributed by atoms with E-state index in [0.29, 0.717) is 6.61 Å². The van der Waals surface area contributed by atoms with Crippen LogP contribution in [-0.2, 0) is 11.2 Å². The average molecular weight is 182 g/mol. The summed E-state index contributed by atoms with van der Waals surface area (Å²) in [5, 5.41) is 9.30. The van der Waals surface area contributed by atoms with Gasteiger partial charge in [0.05, 0.1) is 25.7 Å². The van der Waals surface area contributed by atoms with Gasteiger partial charge in [-0.05, 0) is 24.5 Å². The van der Waals surface area contributed by atoms with Crippen molar-refractivity contribution in [2.24, 2.45) is 5.41 Å². The number of rotatable bonds is 3. The van der Waals surface area contributed by atoms with Crippen LogP contribution in [0.5, 0.6) is 0 Å². The molecule has 0 saturated carbocycles. The maximum atomic E-state index is 9.30. The summed E-state index contributed by atoms with van der Waals surface area (Å²) in [5.41, 5.74) is 1.07. The second-order valence-electron chi connectivity index (χ2n) is 3.77. The second kappa shape index (κ2) is 3.52. The van der Waals surface area contributed by atoms with Gasteiger partial charge < -0.3 is 14.3 Å². The molecular weight excluding hydrogens is 168 g/mol. The van der Waals surface area contributed by atoms with Gasteiger partial charge in [0.15, 0.2) is 0 Å². The van der Waals surface area contributed by atoms with E-state index in [0.717, 1.165) is 25.0 Å². The average Bonchev–Trinajstić information content (AvgIpc) is 2.77. The van der Waals surface area contributed by atoms with Crippen LogP contribution in [0.4, 0.5) is 0 Å². The molecule has 3 nitrogen and oxygen atoms in total. The van der Waals surface area contributed by atoms with E-state index in [4.69, 9.17) is 9.15 Å². The van der Waals surface area contributed by atoms with Crippen LogP contribution in [0, 0.1) is 5.41 Å². The quantitative estimate of drug-likeness (QED) is 0.764. The fourth-order valence-electron chi connectivity index (χ4n) is 1.80. The smallest absolute Gasteiger partial charge is 0.0934 e. The molecule has 13 heavy (non-hydrogen) atoms. The molecule has 1 unspecified atom stereocenters. The number of furan rings is 1. The van der Waals surface area contributed by atoms with Crippen molar-refractivity contribution >= 4 is 0 Å². The summed E-state index contributed by atoms with van der Waals surface area (Å²) in [7, 11) is 0. The fourth-order valence-corrected chi connectivity index (χ4v) is 1.80. The summed E-state index contributed by atoms with van der Waals surface area (Å²) in [4.78, 5) is 0. The standard InChI is InChI=1S/C10H14O3/c11-7-10(2-4-13-8-10)5-9-1-3-12-6-9/h1,3,6,11H,2,4-5,7-8H2. The first-order valence-electron chi connectivity index (χ1n) is 4.54. The van der Waals surface area contributed by atoms with Crippen LogP contribution in [0.3, 0.4) is 0 Å². The maximum Gasteiger partial charge on any atom is 0.0934 e. The molecule has 1 N–H and O–H groups in total.